The second-order valence-electron chi connectivity index (χ2n) is 2.79. The molecule has 0 aromatic heterocycles. The Kier molecular flexibility index (Phi) is 2.46. The Morgan fingerprint density at radius 1 is 1.18 bits per heavy atom. The molecule has 1 fully saturated rings. The molecular formula is C6H13NO4. The summed E-state index contributed by atoms with van der Waals surface area (Å²) in [6.07, 6.45) is -3.91. The first-order valence-electron chi connectivity index (χ1n) is 3.49. The topological polar surface area (TPSA) is 95.9 Å². The highest BCUT2D eigenvalue weighted by Crippen LogP contribution is 2.17. The highest BCUT2D eigenvalue weighted by atomic mass is 16.6. The van der Waals surface area contributed by atoms with E-state index in [1.54, 1.807) is 6.92 Å². The quantitative estimate of drug-likeness (QED) is 0.324. The van der Waals surface area contributed by atoms with Crippen molar-refractivity contribution in [1.82, 2.24) is 0 Å². The van der Waals surface area contributed by atoms with Gasteiger partial charge in [0.1, 0.15) is 12.2 Å². The number of aliphatic hydroxyl groups excluding tert-OH is 3. The summed E-state index contributed by atoms with van der Waals surface area (Å²) in [6.45, 7) is 1.56. The van der Waals surface area contributed by atoms with Gasteiger partial charge in [0.15, 0.2) is 6.29 Å². The van der Waals surface area contributed by atoms with Crippen LogP contribution in [0, 0.1) is 0 Å². The van der Waals surface area contributed by atoms with Gasteiger partial charge in [0.05, 0.1) is 12.1 Å². The summed E-state index contributed by atoms with van der Waals surface area (Å²) in [4.78, 5) is 0. The molecule has 0 unspecified atom stereocenters. The van der Waals surface area contributed by atoms with Crippen LogP contribution in [0.25, 0.3) is 0 Å². The van der Waals surface area contributed by atoms with Crippen LogP contribution in [0.3, 0.4) is 0 Å². The molecule has 11 heavy (non-hydrogen) atoms. The maximum absolute atomic E-state index is 9.17. The van der Waals surface area contributed by atoms with Gasteiger partial charge >= 0.3 is 0 Å². The molecule has 1 aliphatic heterocycles. The van der Waals surface area contributed by atoms with Crippen LogP contribution in [0.5, 0.6) is 0 Å². The number of hydrogen-bond donors (Lipinski definition) is 4. The maximum atomic E-state index is 9.17. The van der Waals surface area contributed by atoms with Gasteiger partial charge in [-0.1, -0.05) is 0 Å². The van der Waals surface area contributed by atoms with E-state index >= 15 is 0 Å². The average Bonchev–Trinajstić information content (AvgIpc) is 1.97. The number of rotatable bonds is 0. The van der Waals surface area contributed by atoms with Crippen LogP contribution in [0.2, 0.25) is 0 Å². The zero-order valence-electron chi connectivity index (χ0n) is 6.21. The van der Waals surface area contributed by atoms with Gasteiger partial charge < -0.3 is 25.8 Å². The molecule has 0 aromatic carbocycles. The van der Waals surface area contributed by atoms with Crippen molar-refractivity contribution in [3.05, 3.63) is 0 Å². The number of ether oxygens (including phenoxy) is 1. The Bertz CT molecular complexity index is 129. The van der Waals surface area contributed by atoms with E-state index < -0.39 is 30.6 Å². The molecule has 1 rings (SSSR count). The third-order valence-corrected chi connectivity index (χ3v) is 1.91. The van der Waals surface area contributed by atoms with Gasteiger partial charge in [0.25, 0.3) is 0 Å². The van der Waals surface area contributed by atoms with Gasteiger partial charge in [-0.15, -0.1) is 0 Å². The molecule has 1 heterocycles. The molecule has 5 N–H and O–H groups in total. The first-order valence-corrected chi connectivity index (χ1v) is 3.49. The van der Waals surface area contributed by atoms with Crippen molar-refractivity contribution < 1.29 is 20.1 Å². The molecule has 0 amide bonds. The van der Waals surface area contributed by atoms with Crippen LogP contribution in [-0.4, -0.2) is 46.0 Å². The van der Waals surface area contributed by atoms with Crippen molar-refractivity contribution in [3.63, 3.8) is 0 Å². The molecule has 0 aliphatic carbocycles. The lowest BCUT2D eigenvalue weighted by atomic mass is 9.99. The molecule has 5 nitrogen and oxygen atoms in total. The van der Waals surface area contributed by atoms with Gasteiger partial charge in [-0.3, -0.25) is 0 Å². The van der Waals surface area contributed by atoms with Crippen LogP contribution in [0.1, 0.15) is 6.92 Å². The highest BCUT2D eigenvalue weighted by Gasteiger charge is 2.39. The fourth-order valence-corrected chi connectivity index (χ4v) is 1.07. The van der Waals surface area contributed by atoms with Crippen LogP contribution in [0.4, 0.5) is 0 Å². The van der Waals surface area contributed by atoms with E-state index in [1.807, 2.05) is 0 Å². The third-order valence-electron chi connectivity index (χ3n) is 1.91. The average molecular weight is 163 g/mol. The minimum absolute atomic E-state index is 0.584. The highest BCUT2D eigenvalue weighted by molar-refractivity contribution is 4.88. The number of aliphatic hydroxyl groups is 3. The molecule has 0 bridgehead atoms. The summed E-state index contributed by atoms with van der Waals surface area (Å²) in [5.41, 5.74) is 5.29. The Morgan fingerprint density at radius 3 is 2.27 bits per heavy atom. The summed E-state index contributed by atoms with van der Waals surface area (Å²) < 4.78 is 4.80. The zero-order chi connectivity index (χ0) is 8.59. The van der Waals surface area contributed by atoms with E-state index in [1.165, 1.54) is 0 Å². The molecule has 0 radical (unpaired) electrons. The maximum Gasteiger partial charge on any atom is 0.172 e. The molecular weight excluding hydrogens is 150 g/mol. The lowest BCUT2D eigenvalue weighted by Crippen LogP contribution is -2.60. The molecule has 5 atom stereocenters. The van der Waals surface area contributed by atoms with Crippen molar-refractivity contribution in [2.75, 3.05) is 0 Å². The predicted molar refractivity (Wildman–Crippen MR) is 36.5 cm³/mol. The van der Waals surface area contributed by atoms with Gasteiger partial charge in [-0.25, -0.2) is 0 Å². The Labute approximate surface area is 64.4 Å². The zero-order valence-corrected chi connectivity index (χ0v) is 6.21. The smallest absolute Gasteiger partial charge is 0.172 e. The van der Waals surface area contributed by atoms with Crippen LogP contribution in [-0.2, 0) is 4.74 Å². The lowest BCUT2D eigenvalue weighted by Gasteiger charge is -2.37. The third kappa shape index (κ3) is 1.52. The van der Waals surface area contributed by atoms with Crippen molar-refractivity contribution in [1.29, 1.82) is 0 Å². The summed E-state index contributed by atoms with van der Waals surface area (Å²) in [6, 6.07) is -0.929. The van der Waals surface area contributed by atoms with E-state index in [0.717, 1.165) is 0 Å². The summed E-state index contributed by atoms with van der Waals surface area (Å²) in [5, 5.41) is 27.4. The summed E-state index contributed by atoms with van der Waals surface area (Å²) in [7, 11) is 0. The number of hydrogen-bond acceptors (Lipinski definition) is 5. The SMILES string of the molecule is C[C@@H]1O[C@@H](O)[C@@H](N)[C@@H](O)[C@H]1O. The first-order chi connectivity index (χ1) is 5.04. The largest absolute Gasteiger partial charge is 0.388 e. The fourth-order valence-electron chi connectivity index (χ4n) is 1.07. The normalized spacial score (nSPS) is 52.6. The van der Waals surface area contributed by atoms with Crippen molar-refractivity contribution in [2.45, 2.75) is 37.6 Å². The van der Waals surface area contributed by atoms with Gasteiger partial charge in [0.2, 0.25) is 0 Å². The van der Waals surface area contributed by atoms with Gasteiger partial charge in [-0.2, -0.15) is 0 Å². The molecule has 1 saturated heterocycles. The monoisotopic (exact) mass is 163 g/mol. The Balaban J connectivity index is 2.63. The van der Waals surface area contributed by atoms with E-state index in [4.69, 9.17) is 20.7 Å². The number of nitrogens with two attached hydrogens (primary N) is 1. The molecule has 66 valence electrons. The standard InChI is InChI=1S/C6H13NO4/c1-2-4(8)5(9)3(7)6(10)11-2/h2-6,8-10H,7H2,1H3/t2-,3-,4-,5+,6+/m0/s1. The minimum Gasteiger partial charge on any atom is -0.388 e. The molecule has 1 aliphatic rings. The molecule has 0 aromatic rings. The van der Waals surface area contributed by atoms with E-state index in [0.29, 0.717) is 0 Å². The van der Waals surface area contributed by atoms with Gasteiger partial charge in [-0.05, 0) is 6.92 Å². The second kappa shape index (κ2) is 3.04. The molecule has 0 spiro atoms. The molecule has 5 heteroatoms. The van der Waals surface area contributed by atoms with Crippen LogP contribution in [0.15, 0.2) is 0 Å². The van der Waals surface area contributed by atoms with Crippen LogP contribution >= 0.6 is 0 Å². The van der Waals surface area contributed by atoms with Crippen molar-refractivity contribution in [2.24, 2.45) is 5.73 Å². The summed E-state index contributed by atoms with van der Waals surface area (Å²) in [5.74, 6) is 0. The van der Waals surface area contributed by atoms with E-state index in [9.17, 15) is 5.11 Å². The fraction of sp³-hybridized carbons (Fsp3) is 1.00. The van der Waals surface area contributed by atoms with Gasteiger partial charge in [0, 0.05) is 0 Å². The Morgan fingerprint density at radius 2 is 1.73 bits per heavy atom. The summed E-state index contributed by atoms with van der Waals surface area (Å²) >= 11 is 0. The van der Waals surface area contributed by atoms with E-state index in [2.05, 4.69) is 0 Å². The predicted octanol–water partition coefficient (Wildman–Crippen LogP) is -2.23. The van der Waals surface area contributed by atoms with Crippen LogP contribution < -0.4 is 5.73 Å². The first kappa shape index (κ1) is 8.89. The lowest BCUT2D eigenvalue weighted by molar-refractivity contribution is -0.236. The van der Waals surface area contributed by atoms with Crippen molar-refractivity contribution in [3.8, 4) is 0 Å². The second-order valence-corrected chi connectivity index (χ2v) is 2.79. The van der Waals surface area contributed by atoms with E-state index in [-0.39, 0.29) is 0 Å². The Hall–Kier alpha value is -0.200. The molecule has 0 saturated carbocycles. The van der Waals surface area contributed by atoms with Crippen molar-refractivity contribution >= 4 is 0 Å². The minimum atomic E-state index is -1.19.